The molecule has 22 heavy (non-hydrogen) atoms. The van der Waals surface area contributed by atoms with Crippen molar-refractivity contribution < 1.29 is 21.6 Å². The van der Waals surface area contributed by atoms with E-state index in [2.05, 4.69) is 0 Å². The van der Waals surface area contributed by atoms with Crippen molar-refractivity contribution in [3.05, 3.63) is 59.7 Å². The summed E-state index contributed by atoms with van der Waals surface area (Å²) in [5.41, 5.74) is -0.0490. The van der Waals surface area contributed by atoms with E-state index in [1.165, 1.54) is 31.3 Å². The van der Waals surface area contributed by atoms with Gasteiger partial charge in [0.15, 0.2) is 0 Å². The van der Waals surface area contributed by atoms with Gasteiger partial charge < -0.3 is 0 Å². The summed E-state index contributed by atoms with van der Waals surface area (Å²) >= 11 is 0. The third-order valence-electron chi connectivity index (χ3n) is 3.22. The van der Waals surface area contributed by atoms with Crippen LogP contribution in [0.25, 0.3) is 0 Å². The third kappa shape index (κ3) is 3.24. The molecule has 0 aromatic heterocycles. The summed E-state index contributed by atoms with van der Waals surface area (Å²) in [5.74, 6) is 0. The third-order valence-corrected chi connectivity index (χ3v) is 5.02. The van der Waals surface area contributed by atoms with Crippen LogP contribution in [0.3, 0.4) is 0 Å². The number of halogens is 3. The number of aryl methyl sites for hydroxylation is 1. The summed E-state index contributed by atoms with van der Waals surface area (Å²) in [6, 6.07) is 10.3. The van der Waals surface area contributed by atoms with Gasteiger partial charge in [0.05, 0.1) is 16.1 Å². The molecule has 0 aliphatic carbocycles. The van der Waals surface area contributed by atoms with Gasteiger partial charge in [-0.15, -0.1) is 0 Å². The van der Waals surface area contributed by atoms with Crippen LogP contribution in [0.2, 0.25) is 0 Å². The van der Waals surface area contributed by atoms with Gasteiger partial charge in [0.25, 0.3) is 10.0 Å². The molecule has 0 atom stereocenters. The van der Waals surface area contributed by atoms with Crippen molar-refractivity contribution >= 4 is 15.7 Å². The molecule has 0 aliphatic rings. The molecule has 2 aromatic carbocycles. The molecule has 7 heteroatoms. The average Bonchev–Trinajstić information content (AvgIpc) is 2.46. The minimum atomic E-state index is -4.52. The summed E-state index contributed by atoms with van der Waals surface area (Å²) in [7, 11) is -2.68. The highest BCUT2D eigenvalue weighted by atomic mass is 32.2. The van der Waals surface area contributed by atoms with Gasteiger partial charge >= 0.3 is 6.18 Å². The Morgan fingerprint density at radius 1 is 1.00 bits per heavy atom. The van der Waals surface area contributed by atoms with Crippen molar-refractivity contribution in [1.29, 1.82) is 0 Å². The molecule has 0 fully saturated rings. The quantitative estimate of drug-likeness (QED) is 0.858. The lowest BCUT2D eigenvalue weighted by Crippen LogP contribution is -2.26. The maximum atomic E-state index is 12.7. The number of benzene rings is 2. The Morgan fingerprint density at radius 3 is 2.14 bits per heavy atom. The number of anilines is 1. The van der Waals surface area contributed by atoms with Crippen LogP contribution < -0.4 is 4.31 Å². The topological polar surface area (TPSA) is 37.4 Å². The molecule has 0 spiro atoms. The van der Waals surface area contributed by atoms with Crippen molar-refractivity contribution in [2.75, 3.05) is 11.4 Å². The van der Waals surface area contributed by atoms with Crippen molar-refractivity contribution in [2.24, 2.45) is 0 Å². The van der Waals surface area contributed by atoms with Crippen LogP contribution >= 0.6 is 0 Å². The number of alkyl halides is 3. The van der Waals surface area contributed by atoms with Gasteiger partial charge in [0.1, 0.15) is 0 Å². The molecule has 118 valence electrons. The molecule has 3 nitrogen and oxygen atoms in total. The fraction of sp³-hybridized carbons (Fsp3) is 0.200. The van der Waals surface area contributed by atoms with Crippen molar-refractivity contribution in [3.8, 4) is 0 Å². The predicted octanol–water partition coefficient (Wildman–Crippen LogP) is 3.84. The van der Waals surface area contributed by atoms with Gasteiger partial charge in [0, 0.05) is 7.05 Å². The number of nitrogens with zero attached hydrogens (tertiary/aromatic N) is 1. The number of sulfonamides is 1. The van der Waals surface area contributed by atoms with E-state index >= 15 is 0 Å². The Hall–Kier alpha value is -2.02. The summed E-state index contributed by atoms with van der Waals surface area (Å²) in [6.45, 7) is 1.81. The van der Waals surface area contributed by atoms with Gasteiger partial charge in [-0.2, -0.15) is 13.2 Å². The predicted molar refractivity (Wildman–Crippen MR) is 78.2 cm³/mol. The van der Waals surface area contributed by atoms with Crippen LogP contribution in [-0.4, -0.2) is 15.5 Å². The van der Waals surface area contributed by atoms with Crippen LogP contribution in [-0.2, 0) is 16.2 Å². The maximum Gasteiger partial charge on any atom is 0.416 e. The number of hydrogen-bond acceptors (Lipinski definition) is 2. The molecule has 0 aliphatic heterocycles. The van der Waals surface area contributed by atoms with E-state index in [1.54, 1.807) is 12.1 Å². The largest absolute Gasteiger partial charge is 0.416 e. The van der Waals surface area contributed by atoms with E-state index in [9.17, 15) is 21.6 Å². The highest BCUT2D eigenvalue weighted by Gasteiger charge is 2.31. The second-order valence-electron chi connectivity index (χ2n) is 4.83. The minimum Gasteiger partial charge on any atom is -0.269 e. The lowest BCUT2D eigenvalue weighted by Gasteiger charge is -2.20. The van der Waals surface area contributed by atoms with Crippen molar-refractivity contribution in [2.45, 2.75) is 18.0 Å². The summed E-state index contributed by atoms with van der Waals surface area (Å²) in [5, 5.41) is 0. The molecule has 0 amide bonds. The van der Waals surface area contributed by atoms with Crippen molar-refractivity contribution in [3.63, 3.8) is 0 Å². The molecule has 0 radical (unpaired) electrons. The maximum absolute atomic E-state index is 12.7. The van der Waals surface area contributed by atoms with E-state index < -0.39 is 21.8 Å². The minimum absolute atomic E-state index is 0.0259. The zero-order valence-corrected chi connectivity index (χ0v) is 12.7. The van der Waals surface area contributed by atoms with Gasteiger partial charge in [0.2, 0.25) is 0 Å². The van der Waals surface area contributed by atoms with Gasteiger partial charge in [-0.25, -0.2) is 8.42 Å². The van der Waals surface area contributed by atoms with Crippen LogP contribution in [0.4, 0.5) is 18.9 Å². The molecule has 0 N–H and O–H groups in total. The fourth-order valence-electron chi connectivity index (χ4n) is 1.89. The van der Waals surface area contributed by atoms with Crippen LogP contribution in [0.15, 0.2) is 53.4 Å². The summed E-state index contributed by atoms with van der Waals surface area (Å²) in [6.07, 6.45) is -4.52. The monoisotopic (exact) mass is 329 g/mol. The molecule has 2 aromatic rings. The van der Waals surface area contributed by atoms with E-state index in [0.29, 0.717) is 0 Å². The SMILES string of the molecule is Cc1ccc(S(=O)(=O)N(C)c2cccc(C(F)(F)F)c2)cc1. The standard InChI is InChI=1S/C15H14F3NO2S/c1-11-6-8-14(9-7-11)22(20,21)19(2)13-5-3-4-12(10-13)15(16,17)18/h3-10H,1-2H3. The zero-order chi connectivity index (χ0) is 16.5. The Kier molecular flexibility index (Phi) is 4.19. The Morgan fingerprint density at radius 2 is 1.59 bits per heavy atom. The Bertz CT molecular complexity index is 768. The van der Waals surface area contributed by atoms with E-state index in [1.807, 2.05) is 6.92 Å². The van der Waals surface area contributed by atoms with Gasteiger partial charge in [-0.1, -0.05) is 23.8 Å². The lowest BCUT2D eigenvalue weighted by molar-refractivity contribution is -0.137. The molecule has 0 saturated heterocycles. The highest BCUT2D eigenvalue weighted by Crippen LogP contribution is 2.32. The first-order chi connectivity index (χ1) is 10.1. The van der Waals surface area contributed by atoms with Gasteiger partial charge in [-0.3, -0.25) is 4.31 Å². The zero-order valence-electron chi connectivity index (χ0n) is 11.9. The van der Waals surface area contributed by atoms with E-state index in [-0.39, 0.29) is 10.6 Å². The first kappa shape index (κ1) is 16.4. The fourth-order valence-corrected chi connectivity index (χ4v) is 3.07. The second kappa shape index (κ2) is 5.64. The molecule has 0 saturated carbocycles. The molecule has 0 heterocycles. The number of rotatable bonds is 3. The Labute approximate surface area is 127 Å². The van der Waals surface area contributed by atoms with Crippen LogP contribution in [0, 0.1) is 6.92 Å². The first-order valence-corrected chi connectivity index (χ1v) is 7.79. The smallest absolute Gasteiger partial charge is 0.269 e. The summed E-state index contributed by atoms with van der Waals surface area (Å²) < 4.78 is 63.9. The molecule has 2 rings (SSSR count). The number of hydrogen-bond donors (Lipinski definition) is 0. The summed E-state index contributed by atoms with van der Waals surface area (Å²) in [4.78, 5) is 0.0259. The second-order valence-corrected chi connectivity index (χ2v) is 6.80. The molecule has 0 bridgehead atoms. The first-order valence-electron chi connectivity index (χ1n) is 6.35. The van der Waals surface area contributed by atoms with E-state index in [0.717, 1.165) is 22.0 Å². The normalized spacial score (nSPS) is 12.2. The molecule has 0 unspecified atom stereocenters. The molecular formula is C15H14F3NO2S. The van der Waals surface area contributed by atoms with Crippen LogP contribution in [0.5, 0.6) is 0 Å². The highest BCUT2D eigenvalue weighted by molar-refractivity contribution is 7.92. The lowest BCUT2D eigenvalue weighted by atomic mass is 10.2. The average molecular weight is 329 g/mol. The van der Waals surface area contributed by atoms with Crippen LogP contribution in [0.1, 0.15) is 11.1 Å². The molecular weight excluding hydrogens is 315 g/mol. The van der Waals surface area contributed by atoms with Gasteiger partial charge in [-0.05, 0) is 37.3 Å². The van der Waals surface area contributed by atoms with Crippen molar-refractivity contribution in [1.82, 2.24) is 0 Å². The van der Waals surface area contributed by atoms with E-state index in [4.69, 9.17) is 0 Å². The Balaban J connectivity index is 2.43.